The number of aromatic nitrogens is 2. The van der Waals surface area contributed by atoms with Gasteiger partial charge in [0.05, 0.1) is 23.7 Å². The van der Waals surface area contributed by atoms with Crippen LogP contribution in [0.5, 0.6) is 0 Å². The number of aromatic amines is 1. The second-order valence-electron chi connectivity index (χ2n) is 4.36. The average Bonchev–Trinajstić information content (AvgIpc) is 2.88. The van der Waals surface area contributed by atoms with Crippen LogP contribution in [0.1, 0.15) is 19.7 Å². The van der Waals surface area contributed by atoms with Crippen molar-refractivity contribution in [2.45, 2.75) is 38.6 Å². The summed E-state index contributed by atoms with van der Waals surface area (Å²) in [5.74, 6) is -0.0451. The zero-order valence-corrected chi connectivity index (χ0v) is 12.0. The molecule has 0 radical (unpaired) electrons. The lowest BCUT2D eigenvalue weighted by Gasteiger charge is -2.20. The standard InChI is InChI=1S/C12H15FN2O4.C2H6/c13-6-1-2-7-8(3-6)15-11(14-7)4-9(17)12(19)10(18)5-16;1-2/h1-3,9-10,12,16-19H,4-5H2,(H,14,15);1-2H3/t9-,10?,12-;/m1./s1. The number of imidazole rings is 1. The zero-order chi connectivity index (χ0) is 16.0. The molecule has 21 heavy (non-hydrogen) atoms. The smallest absolute Gasteiger partial charge is 0.125 e. The first-order chi connectivity index (χ1) is 10.0. The number of H-pyrrole nitrogens is 1. The number of nitrogens with one attached hydrogen (secondary N) is 1. The van der Waals surface area contributed by atoms with Gasteiger partial charge in [-0.25, -0.2) is 9.37 Å². The highest BCUT2D eigenvalue weighted by Gasteiger charge is 2.25. The average molecular weight is 300 g/mol. The van der Waals surface area contributed by atoms with Crippen molar-refractivity contribution >= 4 is 11.0 Å². The predicted octanol–water partition coefficient (Wildman–Crippen LogP) is 0.346. The molecule has 0 saturated heterocycles. The second kappa shape index (κ2) is 8.04. The summed E-state index contributed by atoms with van der Waals surface area (Å²) in [5.41, 5.74) is 1.03. The highest BCUT2D eigenvalue weighted by Crippen LogP contribution is 2.15. The number of aliphatic hydroxyl groups excluding tert-OH is 4. The van der Waals surface area contributed by atoms with Crippen molar-refractivity contribution in [2.75, 3.05) is 6.61 Å². The maximum Gasteiger partial charge on any atom is 0.125 e. The quantitative estimate of drug-likeness (QED) is 0.547. The lowest BCUT2D eigenvalue weighted by Crippen LogP contribution is -2.40. The molecule has 2 rings (SSSR count). The summed E-state index contributed by atoms with van der Waals surface area (Å²) in [6, 6.07) is 4.04. The maximum atomic E-state index is 13.0. The van der Waals surface area contributed by atoms with E-state index in [0.29, 0.717) is 16.9 Å². The molecule has 0 saturated carbocycles. The Kier molecular flexibility index (Phi) is 6.70. The Hall–Kier alpha value is -1.54. The van der Waals surface area contributed by atoms with Crippen molar-refractivity contribution in [3.63, 3.8) is 0 Å². The molecule has 7 heteroatoms. The van der Waals surface area contributed by atoms with Crippen molar-refractivity contribution in [1.29, 1.82) is 0 Å². The van der Waals surface area contributed by atoms with Gasteiger partial charge in [0.25, 0.3) is 0 Å². The van der Waals surface area contributed by atoms with E-state index in [1.54, 1.807) is 0 Å². The fourth-order valence-electron chi connectivity index (χ4n) is 1.81. The molecule has 1 heterocycles. The van der Waals surface area contributed by atoms with Crippen molar-refractivity contribution in [1.82, 2.24) is 9.97 Å². The summed E-state index contributed by atoms with van der Waals surface area (Å²) in [6.45, 7) is 3.35. The number of nitrogens with zero attached hydrogens (tertiary/aromatic N) is 1. The molecule has 1 aromatic heterocycles. The Morgan fingerprint density at radius 1 is 1.19 bits per heavy atom. The summed E-state index contributed by atoms with van der Waals surface area (Å²) in [6.07, 6.45) is -4.23. The SMILES string of the molecule is CC.OCC(O)[C@H](O)[C@H](O)Cc1nc2ccc(F)cc2[nH]1. The Labute approximate surface area is 121 Å². The third-order valence-corrected chi connectivity index (χ3v) is 2.87. The monoisotopic (exact) mass is 300 g/mol. The van der Waals surface area contributed by atoms with Crippen LogP contribution in [0.2, 0.25) is 0 Å². The Morgan fingerprint density at radius 2 is 1.86 bits per heavy atom. The third kappa shape index (κ3) is 4.47. The van der Waals surface area contributed by atoms with Crippen LogP contribution in [0.25, 0.3) is 11.0 Å². The second-order valence-corrected chi connectivity index (χ2v) is 4.36. The fraction of sp³-hybridized carbons (Fsp3) is 0.500. The van der Waals surface area contributed by atoms with Gasteiger partial charge in [0, 0.05) is 6.42 Å². The molecule has 2 aromatic rings. The molecule has 0 fully saturated rings. The van der Waals surface area contributed by atoms with Gasteiger partial charge in [0.15, 0.2) is 0 Å². The van der Waals surface area contributed by atoms with Gasteiger partial charge >= 0.3 is 0 Å². The summed E-state index contributed by atoms with van der Waals surface area (Å²) >= 11 is 0. The topological polar surface area (TPSA) is 110 Å². The summed E-state index contributed by atoms with van der Waals surface area (Å²) in [5, 5.41) is 37.1. The summed E-state index contributed by atoms with van der Waals surface area (Å²) in [7, 11) is 0. The molecular weight excluding hydrogens is 279 g/mol. The lowest BCUT2D eigenvalue weighted by molar-refractivity contribution is -0.0760. The van der Waals surface area contributed by atoms with Gasteiger partial charge in [-0.15, -0.1) is 0 Å². The molecule has 1 aromatic carbocycles. The zero-order valence-electron chi connectivity index (χ0n) is 12.0. The molecule has 0 aliphatic carbocycles. The molecule has 1 unspecified atom stereocenters. The van der Waals surface area contributed by atoms with Gasteiger partial charge in [-0.2, -0.15) is 0 Å². The summed E-state index contributed by atoms with van der Waals surface area (Å²) in [4.78, 5) is 6.94. The van der Waals surface area contributed by atoms with Crippen LogP contribution in [-0.4, -0.2) is 55.3 Å². The fourth-order valence-corrected chi connectivity index (χ4v) is 1.81. The first-order valence-electron chi connectivity index (χ1n) is 6.80. The number of aliphatic hydroxyl groups is 4. The number of hydrogen-bond donors (Lipinski definition) is 5. The van der Waals surface area contributed by atoms with Crippen LogP contribution in [-0.2, 0) is 6.42 Å². The Morgan fingerprint density at radius 3 is 2.48 bits per heavy atom. The first-order valence-corrected chi connectivity index (χ1v) is 6.80. The van der Waals surface area contributed by atoms with E-state index in [2.05, 4.69) is 9.97 Å². The molecule has 118 valence electrons. The molecule has 0 spiro atoms. The molecule has 5 N–H and O–H groups in total. The molecule has 6 nitrogen and oxygen atoms in total. The highest BCUT2D eigenvalue weighted by atomic mass is 19.1. The number of fused-ring (bicyclic) bond motifs is 1. The molecule has 0 bridgehead atoms. The number of benzene rings is 1. The minimum absolute atomic E-state index is 0.0471. The van der Waals surface area contributed by atoms with Crippen molar-refractivity contribution in [2.24, 2.45) is 0 Å². The van der Waals surface area contributed by atoms with Crippen LogP contribution < -0.4 is 0 Å². The minimum Gasteiger partial charge on any atom is -0.394 e. The Balaban J connectivity index is 0.00000106. The lowest BCUT2D eigenvalue weighted by atomic mass is 10.1. The largest absolute Gasteiger partial charge is 0.394 e. The Bertz CT molecular complexity index is 561. The first kappa shape index (κ1) is 17.5. The van der Waals surface area contributed by atoms with Crippen LogP contribution in [0.4, 0.5) is 4.39 Å². The van der Waals surface area contributed by atoms with Crippen molar-refractivity contribution < 1.29 is 24.8 Å². The minimum atomic E-state index is -1.48. The van der Waals surface area contributed by atoms with Crippen LogP contribution in [0.3, 0.4) is 0 Å². The third-order valence-electron chi connectivity index (χ3n) is 2.87. The highest BCUT2D eigenvalue weighted by molar-refractivity contribution is 5.74. The number of halogens is 1. The van der Waals surface area contributed by atoms with E-state index >= 15 is 0 Å². The van der Waals surface area contributed by atoms with Crippen molar-refractivity contribution in [3.8, 4) is 0 Å². The normalized spacial score (nSPS) is 15.2. The van der Waals surface area contributed by atoms with E-state index in [0.717, 1.165) is 0 Å². The summed E-state index contributed by atoms with van der Waals surface area (Å²) < 4.78 is 13.0. The van der Waals surface area contributed by atoms with Gasteiger partial charge in [0.1, 0.15) is 23.8 Å². The molecular formula is C14H21FN2O4. The van der Waals surface area contributed by atoms with Gasteiger partial charge in [0.2, 0.25) is 0 Å². The van der Waals surface area contributed by atoms with E-state index < -0.39 is 30.7 Å². The molecule has 0 aliphatic rings. The molecule has 0 amide bonds. The van der Waals surface area contributed by atoms with Crippen LogP contribution in [0, 0.1) is 5.82 Å². The maximum absolute atomic E-state index is 13.0. The van der Waals surface area contributed by atoms with Crippen LogP contribution >= 0.6 is 0 Å². The number of rotatable bonds is 5. The molecule has 3 atom stereocenters. The van der Waals surface area contributed by atoms with Crippen LogP contribution in [0.15, 0.2) is 18.2 Å². The predicted molar refractivity (Wildman–Crippen MR) is 76.2 cm³/mol. The van der Waals surface area contributed by atoms with Crippen molar-refractivity contribution in [3.05, 3.63) is 29.8 Å². The number of hydrogen-bond acceptors (Lipinski definition) is 5. The van der Waals surface area contributed by atoms with E-state index in [9.17, 15) is 19.7 Å². The van der Waals surface area contributed by atoms with E-state index in [4.69, 9.17) is 5.11 Å². The van der Waals surface area contributed by atoms with Gasteiger partial charge in [-0.05, 0) is 18.2 Å². The van der Waals surface area contributed by atoms with E-state index in [1.165, 1.54) is 18.2 Å². The molecule has 0 aliphatic heterocycles. The van der Waals surface area contributed by atoms with E-state index in [1.807, 2.05) is 13.8 Å². The van der Waals surface area contributed by atoms with E-state index in [-0.39, 0.29) is 6.42 Å². The van der Waals surface area contributed by atoms with Gasteiger partial charge < -0.3 is 25.4 Å². The van der Waals surface area contributed by atoms with Gasteiger partial charge in [-0.1, -0.05) is 13.8 Å². The van der Waals surface area contributed by atoms with Gasteiger partial charge in [-0.3, -0.25) is 0 Å².